The highest BCUT2D eigenvalue weighted by atomic mass is 16.6. The molecule has 0 heterocycles. The monoisotopic (exact) mass is 194 g/mol. The Morgan fingerprint density at radius 1 is 1.43 bits per heavy atom. The standard InChI is InChI=1S/C11H14O3/c1-2-14-11(13)10(8-12)9-6-4-3-5-7-9/h3-8,11-13H,2H2,1H3/b10-8-. The summed E-state index contributed by atoms with van der Waals surface area (Å²) in [6.45, 7) is 2.18. The van der Waals surface area contributed by atoms with Gasteiger partial charge in [-0.15, -0.1) is 0 Å². The first-order chi connectivity index (χ1) is 6.79. The van der Waals surface area contributed by atoms with E-state index in [0.29, 0.717) is 12.2 Å². The van der Waals surface area contributed by atoms with Crippen molar-refractivity contribution in [3.63, 3.8) is 0 Å². The molecule has 3 heteroatoms. The zero-order valence-corrected chi connectivity index (χ0v) is 8.05. The van der Waals surface area contributed by atoms with E-state index in [0.717, 1.165) is 11.8 Å². The summed E-state index contributed by atoms with van der Waals surface area (Å²) in [5.74, 6) is 0. The zero-order valence-electron chi connectivity index (χ0n) is 8.05. The summed E-state index contributed by atoms with van der Waals surface area (Å²) in [7, 11) is 0. The SMILES string of the molecule is CCOC(O)/C(=C\O)c1ccccc1. The molecule has 1 rings (SSSR count). The number of hydrogen-bond donors (Lipinski definition) is 2. The third-order valence-corrected chi connectivity index (χ3v) is 1.84. The fourth-order valence-electron chi connectivity index (χ4n) is 1.16. The van der Waals surface area contributed by atoms with E-state index in [1.165, 1.54) is 0 Å². The molecular weight excluding hydrogens is 180 g/mol. The van der Waals surface area contributed by atoms with E-state index in [2.05, 4.69) is 0 Å². The summed E-state index contributed by atoms with van der Waals surface area (Å²) in [6, 6.07) is 9.12. The first-order valence-corrected chi connectivity index (χ1v) is 4.49. The number of ether oxygens (including phenoxy) is 1. The van der Waals surface area contributed by atoms with Crippen molar-refractivity contribution < 1.29 is 14.9 Å². The Morgan fingerprint density at radius 3 is 2.57 bits per heavy atom. The molecule has 0 radical (unpaired) electrons. The molecule has 2 N–H and O–H groups in total. The summed E-state index contributed by atoms with van der Waals surface area (Å²) < 4.78 is 4.98. The highest BCUT2D eigenvalue weighted by molar-refractivity contribution is 5.66. The normalized spacial score (nSPS) is 14.0. The van der Waals surface area contributed by atoms with E-state index in [1.807, 2.05) is 18.2 Å². The lowest BCUT2D eigenvalue weighted by molar-refractivity contribution is -0.0517. The third kappa shape index (κ3) is 2.58. The molecule has 0 fully saturated rings. The first kappa shape index (κ1) is 10.8. The molecule has 0 spiro atoms. The van der Waals surface area contributed by atoms with Crippen LogP contribution >= 0.6 is 0 Å². The molecular formula is C11H14O3. The van der Waals surface area contributed by atoms with Gasteiger partial charge in [0.25, 0.3) is 0 Å². The van der Waals surface area contributed by atoms with E-state index < -0.39 is 6.29 Å². The molecule has 76 valence electrons. The second-order valence-electron chi connectivity index (χ2n) is 2.76. The predicted molar refractivity (Wildman–Crippen MR) is 54.7 cm³/mol. The molecule has 0 aromatic heterocycles. The average Bonchev–Trinajstić information content (AvgIpc) is 2.21. The molecule has 0 aliphatic carbocycles. The van der Waals surface area contributed by atoms with Crippen LogP contribution in [-0.2, 0) is 4.74 Å². The predicted octanol–water partition coefficient (Wildman–Crippen LogP) is 1.94. The number of aliphatic hydroxyl groups is 2. The molecule has 3 nitrogen and oxygen atoms in total. The third-order valence-electron chi connectivity index (χ3n) is 1.84. The lowest BCUT2D eigenvalue weighted by Gasteiger charge is -2.13. The maximum Gasteiger partial charge on any atom is 0.184 e. The molecule has 0 aliphatic rings. The quantitative estimate of drug-likeness (QED) is 0.569. The molecule has 0 saturated heterocycles. The maximum absolute atomic E-state index is 9.51. The Morgan fingerprint density at radius 2 is 2.07 bits per heavy atom. The summed E-state index contributed by atoms with van der Waals surface area (Å²) in [4.78, 5) is 0. The van der Waals surface area contributed by atoms with Crippen LogP contribution in [0.2, 0.25) is 0 Å². The highest BCUT2D eigenvalue weighted by Crippen LogP contribution is 2.18. The summed E-state index contributed by atoms with van der Waals surface area (Å²) in [5, 5.41) is 18.5. The topological polar surface area (TPSA) is 49.7 Å². The summed E-state index contributed by atoms with van der Waals surface area (Å²) in [5.41, 5.74) is 1.11. The fraction of sp³-hybridized carbons (Fsp3) is 0.273. The van der Waals surface area contributed by atoms with Gasteiger partial charge in [-0.1, -0.05) is 30.3 Å². The van der Waals surface area contributed by atoms with Gasteiger partial charge in [-0.05, 0) is 12.5 Å². The van der Waals surface area contributed by atoms with Gasteiger partial charge >= 0.3 is 0 Å². The first-order valence-electron chi connectivity index (χ1n) is 4.49. The van der Waals surface area contributed by atoms with Gasteiger partial charge in [0.15, 0.2) is 6.29 Å². The Bertz CT molecular complexity index is 293. The van der Waals surface area contributed by atoms with Crippen molar-refractivity contribution in [2.45, 2.75) is 13.2 Å². The van der Waals surface area contributed by atoms with Crippen molar-refractivity contribution in [2.75, 3.05) is 6.61 Å². The number of rotatable bonds is 4. The Balaban J connectivity index is 2.83. The molecule has 1 unspecified atom stereocenters. The summed E-state index contributed by atoms with van der Waals surface area (Å²) >= 11 is 0. The molecule has 14 heavy (non-hydrogen) atoms. The molecule has 1 aromatic carbocycles. The number of aliphatic hydroxyl groups excluding tert-OH is 2. The number of hydrogen-bond acceptors (Lipinski definition) is 3. The molecule has 1 aromatic rings. The zero-order chi connectivity index (χ0) is 10.4. The minimum absolute atomic E-state index is 0.368. The Hall–Kier alpha value is -1.32. The molecule has 0 aliphatic heterocycles. The summed E-state index contributed by atoms with van der Waals surface area (Å²) in [6.07, 6.45) is -0.206. The van der Waals surface area contributed by atoms with Crippen LogP contribution in [0.15, 0.2) is 36.6 Å². The van der Waals surface area contributed by atoms with Crippen LogP contribution < -0.4 is 0 Å². The highest BCUT2D eigenvalue weighted by Gasteiger charge is 2.12. The molecule has 0 amide bonds. The van der Waals surface area contributed by atoms with Crippen LogP contribution in [0.3, 0.4) is 0 Å². The Labute approximate surface area is 83.3 Å². The molecule has 0 bridgehead atoms. The van der Waals surface area contributed by atoms with Gasteiger partial charge in [0, 0.05) is 12.2 Å². The van der Waals surface area contributed by atoms with Gasteiger partial charge in [-0.2, -0.15) is 0 Å². The van der Waals surface area contributed by atoms with Gasteiger partial charge in [0.2, 0.25) is 0 Å². The lowest BCUT2D eigenvalue weighted by atomic mass is 10.1. The van der Waals surface area contributed by atoms with Crippen molar-refractivity contribution in [2.24, 2.45) is 0 Å². The van der Waals surface area contributed by atoms with Crippen molar-refractivity contribution in [3.05, 3.63) is 42.2 Å². The Kier molecular flexibility index (Phi) is 4.16. The van der Waals surface area contributed by atoms with Gasteiger partial charge in [-0.25, -0.2) is 0 Å². The van der Waals surface area contributed by atoms with E-state index in [9.17, 15) is 5.11 Å². The number of benzene rings is 1. The average molecular weight is 194 g/mol. The van der Waals surface area contributed by atoms with Crippen LogP contribution in [0.1, 0.15) is 12.5 Å². The van der Waals surface area contributed by atoms with E-state index in [4.69, 9.17) is 9.84 Å². The fourth-order valence-corrected chi connectivity index (χ4v) is 1.16. The van der Waals surface area contributed by atoms with Crippen LogP contribution in [0.5, 0.6) is 0 Å². The second-order valence-corrected chi connectivity index (χ2v) is 2.76. The van der Waals surface area contributed by atoms with E-state index >= 15 is 0 Å². The van der Waals surface area contributed by atoms with Crippen LogP contribution in [0.25, 0.3) is 5.57 Å². The molecule has 1 atom stereocenters. The van der Waals surface area contributed by atoms with Gasteiger partial charge in [0.1, 0.15) is 0 Å². The van der Waals surface area contributed by atoms with Crippen LogP contribution in [0.4, 0.5) is 0 Å². The van der Waals surface area contributed by atoms with Crippen LogP contribution in [-0.4, -0.2) is 23.1 Å². The minimum atomic E-state index is -1.08. The van der Waals surface area contributed by atoms with Gasteiger partial charge in [-0.3, -0.25) is 0 Å². The minimum Gasteiger partial charge on any atom is -0.515 e. The van der Waals surface area contributed by atoms with E-state index in [-0.39, 0.29) is 0 Å². The smallest absolute Gasteiger partial charge is 0.184 e. The largest absolute Gasteiger partial charge is 0.515 e. The van der Waals surface area contributed by atoms with E-state index in [1.54, 1.807) is 19.1 Å². The lowest BCUT2D eigenvalue weighted by Crippen LogP contribution is -2.14. The van der Waals surface area contributed by atoms with Gasteiger partial charge < -0.3 is 14.9 Å². The van der Waals surface area contributed by atoms with Crippen molar-refractivity contribution >= 4 is 5.57 Å². The maximum atomic E-state index is 9.51. The second kappa shape index (κ2) is 5.42. The molecule has 0 saturated carbocycles. The van der Waals surface area contributed by atoms with Crippen molar-refractivity contribution in [1.29, 1.82) is 0 Å². The van der Waals surface area contributed by atoms with Crippen molar-refractivity contribution in [1.82, 2.24) is 0 Å². The van der Waals surface area contributed by atoms with Gasteiger partial charge in [0.05, 0.1) is 6.26 Å². The van der Waals surface area contributed by atoms with Crippen molar-refractivity contribution in [3.8, 4) is 0 Å². The van der Waals surface area contributed by atoms with Crippen LogP contribution in [0, 0.1) is 0 Å².